The second-order valence-electron chi connectivity index (χ2n) is 6.30. The first-order valence-corrected chi connectivity index (χ1v) is 10.6. The zero-order chi connectivity index (χ0) is 16.6. The molecule has 0 amide bonds. The van der Waals surface area contributed by atoms with Crippen molar-refractivity contribution in [2.75, 3.05) is 46.6 Å². The minimum absolute atomic E-state index is 0.00229. The Kier molecular flexibility index (Phi) is 5.20. The number of sulfonamides is 1. The van der Waals surface area contributed by atoms with Gasteiger partial charge in [0.15, 0.2) is 0 Å². The lowest BCUT2D eigenvalue weighted by atomic mass is 9.75. The van der Waals surface area contributed by atoms with E-state index in [0.717, 1.165) is 12.7 Å². The summed E-state index contributed by atoms with van der Waals surface area (Å²) < 4.78 is 58.1. The highest BCUT2D eigenvalue weighted by molar-refractivity contribution is 7.88. The monoisotopic (exact) mass is 355 g/mol. The first-order chi connectivity index (χ1) is 10.1. The summed E-state index contributed by atoms with van der Waals surface area (Å²) in [6, 6.07) is 0. The van der Waals surface area contributed by atoms with E-state index in [9.17, 15) is 16.8 Å². The van der Waals surface area contributed by atoms with E-state index >= 15 is 0 Å². The van der Waals surface area contributed by atoms with Crippen LogP contribution >= 0.6 is 0 Å². The smallest absolute Gasteiger partial charge is 0.281 e. The van der Waals surface area contributed by atoms with Crippen LogP contribution in [0.3, 0.4) is 0 Å². The van der Waals surface area contributed by atoms with Gasteiger partial charge in [0.2, 0.25) is 10.0 Å². The van der Waals surface area contributed by atoms with Crippen molar-refractivity contribution in [3.63, 3.8) is 0 Å². The minimum Gasteiger partial charge on any atom is -0.378 e. The quantitative estimate of drug-likeness (QED) is 0.674. The zero-order valence-corrected chi connectivity index (χ0v) is 14.9. The summed E-state index contributed by atoms with van der Waals surface area (Å²) in [5.74, 6) is 0. The molecule has 10 heteroatoms. The molecule has 2 atom stereocenters. The number of nitrogens with zero attached hydrogens (tertiary/aromatic N) is 2. The molecule has 2 saturated heterocycles. The number of hydrogen-bond donors (Lipinski definition) is 1. The lowest BCUT2D eigenvalue weighted by Crippen LogP contribution is -2.54. The van der Waals surface area contributed by atoms with E-state index in [1.165, 1.54) is 22.7 Å². The number of nitrogens with one attached hydrogen (secondary N) is 1. The van der Waals surface area contributed by atoms with Crippen molar-refractivity contribution < 1.29 is 21.6 Å². The third-order valence-electron chi connectivity index (χ3n) is 4.51. The lowest BCUT2D eigenvalue weighted by Gasteiger charge is -2.43. The van der Waals surface area contributed by atoms with E-state index < -0.39 is 20.2 Å². The fourth-order valence-electron chi connectivity index (χ4n) is 3.28. The standard InChI is InChI=1S/C12H25N3O5S2/c1-14(2)22(18,19)15-8-4-11-12(10-15,6-9-20-11)5-7-13-21(3,16)17/h11,13H,4-10H2,1-3H3/t11-,12+/m0/s1. The average molecular weight is 355 g/mol. The Morgan fingerprint density at radius 3 is 2.59 bits per heavy atom. The molecular weight excluding hydrogens is 330 g/mol. The van der Waals surface area contributed by atoms with Crippen LogP contribution in [0.2, 0.25) is 0 Å². The van der Waals surface area contributed by atoms with Crippen LogP contribution in [-0.4, -0.2) is 78.1 Å². The molecule has 1 N–H and O–H groups in total. The Balaban J connectivity index is 2.12. The second kappa shape index (κ2) is 6.33. The van der Waals surface area contributed by atoms with E-state index in [1.807, 2.05) is 0 Å². The molecule has 130 valence electrons. The van der Waals surface area contributed by atoms with Gasteiger partial charge in [-0.05, 0) is 19.3 Å². The molecule has 2 heterocycles. The van der Waals surface area contributed by atoms with Crippen LogP contribution in [0.4, 0.5) is 0 Å². The molecule has 0 radical (unpaired) electrons. The number of hydrogen-bond acceptors (Lipinski definition) is 5. The minimum atomic E-state index is -3.46. The molecule has 8 nitrogen and oxygen atoms in total. The predicted molar refractivity (Wildman–Crippen MR) is 83.1 cm³/mol. The molecule has 0 aromatic heterocycles. The summed E-state index contributed by atoms with van der Waals surface area (Å²) >= 11 is 0. The Bertz CT molecular complexity index is 604. The van der Waals surface area contributed by atoms with Gasteiger partial charge in [-0.2, -0.15) is 17.0 Å². The fraction of sp³-hybridized carbons (Fsp3) is 1.00. The summed E-state index contributed by atoms with van der Waals surface area (Å²) in [5, 5.41) is 0. The normalized spacial score (nSPS) is 30.6. The van der Waals surface area contributed by atoms with Gasteiger partial charge in [-0.15, -0.1) is 0 Å². The SMILES string of the molecule is CN(C)S(=O)(=O)N1CC[C@@H]2OCC[C@]2(CCNS(C)(=O)=O)C1. The highest BCUT2D eigenvalue weighted by Crippen LogP contribution is 2.44. The number of piperidine rings is 1. The van der Waals surface area contributed by atoms with Gasteiger partial charge in [0, 0.05) is 45.8 Å². The van der Waals surface area contributed by atoms with E-state index in [0.29, 0.717) is 39.1 Å². The van der Waals surface area contributed by atoms with Crippen molar-refractivity contribution in [2.24, 2.45) is 5.41 Å². The Morgan fingerprint density at radius 1 is 1.32 bits per heavy atom. The van der Waals surface area contributed by atoms with Crippen LogP contribution in [0, 0.1) is 5.41 Å². The number of rotatable bonds is 6. The molecule has 2 aliphatic rings. The Hall–Kier alpha value is -0.260. The van der Waals surface area contributed by atoms with E-state index in [-0.39, 0.29) is 11.5 Å². The van der Waals surface area contributed by atoms with Crippen LogP contribution in [0.1, 0.15) is 19.3 Å². The van der Waals surface area contributed by atoms with Crippen molar-refractivity contribution >= 4 is 20.2 Å². The first kappa shape index (κ1) is 18.1. The summed E-state index contributed by atoms with van der Waals surface area (Å²) in [6.45, 7) is 1.71. The summed E-state index contributed by atoms with van der Waals surface area (Å²) in [7, 11) is -3.66. The van der Waals surface area contributed by atoms with Gasteiger partial charge >= 0.3 is 0 Å². The molecule has 0 spiro atoms. The van der Waals surface area contributed by atoms with Gasteiger partial charge in [0.1, 0.15) is 0 Å². The van der Waals surface area contributed by atoms with Crippen molar-refractivity contribution in [3.8, 4) is 0 Å². The highest BCUT2D eigenvalue weighted by atomic mass is 32.2. The van der Waals surface area contributed by atoms with Gasteiger partial charge in [0.05, 0.1) is 12.4 Å². The van der Waals surface area contributed by atoms with E-state index in [4.69, 9.17) is 4.74 Å². The van der Waals surface area contributed by atoms with Crippen LogP contribution in [0.15, 0.2) is 0 Å². The van der Waals surface area contributed by atoms with Crippen LogP contribution in [0.25, 0.3) is 0 Å². The number of ether oxygens (including phenoxy) is 1. The van der Waals surface area contributed by atoms with Gasteiger partial charge in [-0.25, -0.2) is 13.1 Å². The molecular formula is C12H25N3O5S2. The molecule has 2 fully saturated rings. The third kappa shape index (κ3) is 3.80. The molecule has 0 aromatic carbocycles. The molecule has 0 aliphatic carbocycles. The van der Waals surface area contributed by atoms with Crippen molar-refractivity contribution in [3.05, 3.63) is 0 Å². The summed E-state index contributed by atoms with van der Waals surface area (Å²) in [6.07, 6.45) is 3.10. The highest BCUT2D eigenvalue weighted by Gasteiger charge is 2.49. The predicted octanol–water partition coefficient (Wildman–Crippen LogP) is -0.787. The first-order valence-electron chi connectivity index (χ1n) is 7.31. The van der Waals surface area contributed by atoms with Crippen molar-refractivity contribution in [1.29, 1.82) is 0 Å². The molecule has 2 rings (SSSR count). The zero-order valence-electron chi connectivity index (χ0n) is 13.3. The molecule has 2 aliphatic heterocycles. The molecule has 0 unspecified atom stereocenters. The maximum absolute atomic E-state index is 12.3. The van der Waals surface area contributed by atoms with Gasteiger partial charge < -0.3 is 4.74 Å². The van der Waals surface area contributed by atoms with E-state index in [2.05, 4.69) is 4.72 Å². The van der Waals surface area contributed by atoms with Gasteiger partial charge in [-0.1, -0.05) is 0 Å². The maximum atomic E-state index is 12.3. The number of fused-ring (bicyclic) bond motifs is 1. The van der Waals surface area contributed by atoms with Gasteiger partial charge in [-0.3, -0.25) is 0 Å². The van der Waals surface area contributed by atoms with Crippen LogP contribution in [0.5, 0.6) is 0 Å². The van der Waals surface area contributed by atoms with Crippen molar-refractivity contribution in [2.45, 2.75) is 25.4 Å². The topological polar surface area (TPSA) is 96.0 Å². The molecule has 22 heavy (non-hydrogen) atoms. The molecule has 0 bridgehead atoms. The summed E-state index contributed by atoms with van der Waals surface area (Å²) in [5.41, 5.74) is -0.307. The van der Waals surface area contributed by atoms with Gasteiger partial charge in [0.25, 0.3) is 10.2 Å². The van der Waals surface area contributed by atoms with Crippen molar-refractivity contribution in [1.82, 2.24) is 13.3 Å². The third-order valence-corrected chi connectivity index (χ3v) is 7.12. The summed E-state index contributed by atoms with van der Waals surface area (Å²) in [4.78, 5) is 0. The lowest BCUT2D eigenvalue weighted by molar-refractivity contribution is -0.000259. The molecule has 0 saturated carbocycles. The maximum Gasteiger partial charge on any atom is 0.281 e. The average Bonchev–Trinajstić information content (AvgIpc) is 2.79. The Labute approximate surface area is 133 Å². The van der Waals surface area contributed by atoms with Crippen LogP contribution in [-0.2, 0) is 25.0 Å². The van der Waals surface area contributed by atoms with Crippen LogP contribution < -0.4 is 4.72 Å². The Morgan fingerprint density at radius 2 is 2.00 bits per heavy atom. The second-order valence-corrected chi connectivity index (χ2v) is 10.3. The fourth-order valence-corrected chi connectivity index (χ4v) is 4.97. The van der Waals surface area contributed by atoms with E-state index in [1.54, 1.807) is 0 Å². The molecule has 0 aromatic rings. The largest absolute Gasteiger partial charge is 0.378 e.